The molecule has 0 saturated heterocycles. The van der Waals surface area contributed by atoms with E-state index in [1.54, 1.807) is 24.6 Å². The van der Waals surface area contributed by atoms with Gasteiger partial charge in [0.2, 0.25) is 0 Å². The van der Waals surface area contributed by atoms with Crippen molar-refractivity contribution in [2.75, 3.05) is 24.2 Å². The van der Waals surface area contributed by atoms with Crippen LogP contribution >= 0.6 is 0 Å². The Hall–Kier alpha value is -3.14. The molecule has 1 aliphatic rings. The van der Waals surface area contributed by atoms with Crippen LogP contribution in [0.25, 0.3) is 11.3 Å². The van der Waals surface area contributed by atoms with Crippen LogP contribution in [0.4, 0.5) is 11.6 Å². The smallest absolute Gasteiger partial charge is 0.127 e. The Morgan fingerprint density at radius 2 is 2.26 bits per heavy atom. The van der Waals surface area contributed by atoms with Crippen LogP contribution in [-0.4, -0.2) is 28.1 Å². The van der Waals surface area contributed by atoms with Gasteiger partial charge in [-0.3, -0.25) is 0 Å². The number of rotatable bonds is 4. The fourth-order valence-corrected chi connectivity index (χ4v) is 2.32. The van der Waals surface area contributed by atoms with Crippen molar-refractivity contribution in [1.82, 2.24) is 15.0 Å². The number of aromatic nitrogens is 3. The summed E-state index contributed by atoms with van der Waals surface area (Å²) in [5, 5.41) is 12.7. The Balaban J connectivity index is 1.77. The Bertz CT molecular complexity index is 769. The van der Waals surface area contributed by atoms with Gasteiger partial charge in [-0.15, -0.1) is 0 Å². The van der Waals surface area contributed by atoms with Crippen molar-refractivity contribution in [3.63, 3.8) is 0 Å². The van der Waals surface area contributed by atoms with Crippen LogP contribution in [-0.2, 0) is 4.74 Å². The average molecular weight is 308 g/mol. The molecule has 23 heavy (non-hydrogen) atoms. The highest BCUT2D eigenvalue weighted by Crippen LogP contribution is 2.27. The summed E-state index contributed by atoms with van der Waals surface area (Å²) >= 11 is 0. The molecule has 116 valence electrons. The third-order valence-electron chi connectivity index (χ3n) is 3.70. The number of anilines is 2. The van der Waals surface area contributed by atoms with Gasteiger partial charge in [-0.25, -0.2) is 15.0 Å². The molecule has 2 aromatic rings. The molecule has 0 radical (unpaired) electrons. The maximum atomic E-state index is 9.43. The zero-order valence-electron chi connectivity index (χ0n) is 12.4. The summed E-state index contributed by atoms with van der Waals surface area (Å²) in [6, 6.07) is 7.77. The zero-order chi connectivity index (χ0) is 16.1. The quantitative estimate of drug-likeness (QED) is 0.888. The highest BCUT2D eigenvalue weighted by molar-refractivity contribution is 5.64. The standard InChI is InChI=1S/C16H16N6O/c17-9-16(2-5-23-6-3-16)10-20-15-7-12(1-4-19-15)13-8-14(18)22-11-21-13/h1-2,4-5,7-8,11H,3,6,10H2,(H,19,20)(H2,18,21,22). The van der Waals surface area contributed by atoms with Gasteiger partial charge in [0.15, 0.2) is 0 Å². The van der Waals surface area contributed by atoms with E-state index in [-0.39, 0.29) is 0 Å². The molecule has 3 heterocycles. The minimum absolute atomic E-state index is 0.414. The molecule has 1 aliphatic heterocycles. The number of nitriles is 1. The Morgan fingerprint density at radius 1 is 1.35 bits per heavy atom. The first-order valence-corrected chi connectivity index (χ1v) is 7.19. The van der Waals surface area contributed by atoms with E-state index in [9.17, 15) is 5.26 Å². The maximum Gasteiger partial charge on any atom is 0.127 e. The molecule has 0 aromatic carbocycles. The first kappa shape index (κ1) is 14.8. The highest BCUT2D eigenvalue weighted by Gasteiger charge is 2.29. The highest BCUT2D eigenvalue weighted by atomic mass is 16.5. The number of pyridine rings is 1. The van der Waals surface area contributed by atoms with Crippen LogP contribution < -0.4 is 11.1 Å². The third-order valence-corrected chi connectivity index (χ3v) is 3.70. The summed E-state index contributed by atoms with van der Waals surface area (Å²) in [7, 11) is 0. The molecule has 0 aliphatic carbocycles. The second-order valence-corrected chi connectivity index (χ2v) is 5.30. The lowest BCUT2D eigenvalue weighted by Crippen LogP contribution is -2.30. The molecule has 1 atom stereocenters. The molecule has 0 bridgehead atoms. The van der Waals surface area contributed by atoms with E-state index in [2.05, 4.69) is 26.3 Å². The van der Waals surface area contributed by atoms with Gasteiger partial charge in [0, 0.05) is 30.8 Å². The van der Waals surface area contributed by atoms with Crippen molar-refractivity contribution in [1.29, 1.82) is 5.26 Å². The van der Waals surface area contributed by atoms with E-state index >= 15 is 0 Å². The molecule has 0 fully saturated rings. The van der Waals surface area contributed by atoms with Crippen molar-refractivity contribution in [3.8, 4) is 17.3 Å². The van der Waals surface area contributed by atoms with Gasteiger partial charge in [0.25, 0.3) is 0 Å². The van der Waals surface area contributed by atoms with Crippen molar-refractivity contribution >= 4 is 11.6 Å². The number of nitrogen functional groups attached to an aromatic ring is 1. The summed E-state index contributed by atoms with van der Waals surface area (Å²) in [5.74, 6) is 1.09. The molecule has 7 heteroatoms. The molecule has 7 nitrogen and oxygen atoms in total. The lowest BCUT2D eigenvalue weighted by atomic mass is 9.85. The van der Waals surface area contributed by atoms with Gasteiger partial charge >= 0.3 is 0 Å². The van der Waals surface area contributed by atoms with Crippen molar-refractivity contribution in [3.05, 3.63) is 43.1 Å². The number of hydrogen-bond donors (Lipinski definition) is 2. The van der Waals surface area contributed by atoms with Gasteiger partial charge in [-0.2, -0.15) is 5.26 Å². The number of ether oxygens (including phenoxy) is 1. The summed E-state index contributed by atoms with van der Waals surface area (Å²) in [6.45, 7) is 1.01. The summed E-state index contributed by atoms with van der Waals surface area (Å²) in [5.41, 5.74) is 6.72. The molecule has 0 saturated carbocycles. The second-order valence-electron chi connectivity index (χ2n) is 5.30. The lowest BCUT2D eigenvalue weighted by Gasteiger charge is -2.26. The van der Waals surface area contributed by atoms with Crippen LogP contribution in [0.15, 0.2) is 43.1 Å². The third kappa shape index (κ3) is 3.37. The Morgan fingerprint density at radius 3 is 3.00 bits per heavy atom. The number of nitrogens with one attached hydrogen (secondary N) is 1. The van der Waals surface area contributed by atoms with Crippen LogP contribution in [0, 0.1) is 16.7 Å². The summed E-state index contributed by atoms with van der Waals surface area (Å²) in [6.07, 6.45) is 7.14. The Labute approximate surface area is 133 Å². The van der Waals surface area contributed by atoms with E-state index in [4.69, 9.17) is 10.5 Å². The van der Waals surface area contributed by atoms with E-state index in [1.807, 2.05) is 12.1 Å². The van der Waals surface area contributed by atoms with Crippen LogP contribution in [0.3, 0.4) is 0 Å². The first-order chi connectivity index (χ1) is 11.2. The lowest BCUT2D eigenvalue weighted by molar-refractivity contribution is 0.191. The molecule has 3 N–H and O–H groups in total. The SMILES string of the molecule is N#CC1(CNc2cc(-c3cc(N)ncn3)ccn2)C=COCC1. The number of hydrogen-bond acceptors (Lipinski definition) is 7. The van der Waals surface area contributed by atoms with Crippen LogP contribution in [0.1, 0.15) is 6.42 Å². The maximum absolute atomic E-state index is 9.43. The van der Waals surface area contributed by atoms with Crippen LogP contribution in [0.5, 0.6) is 0 Å². The fraction of sp³-hybridized carbons (Fsp3) is 0.250. The average Bonchev–Trinajstić information content (AvgIpc) is 2.61. The van der Waals surface area contributed by atoms with Gasteiger partial charge < -0.3 is 15.8 Å². The molecular formula is C16H16N6O. The summed E-state index contributed by atoms with van der Waals surface area (Å²) in [4.78, 5) is 12.4. The number of nitrogens with two attached hydrogens (primary N) is 1. The zero-order valence-corrected chi connectivity index (χ0v) is 12.4. The molecular weight excluding hydrogens is 292 g/mol. The summed E-state index contributed by atoms with van der Waals surface area (Å²) < 4.78 is 5.17. The fourth-order valence-electron chi connectivity index (χ4n) is 2.32. The van der Waals surface area contributed by atoms with Gasteiger partial charge in [0.05, 0.1) is 30.0 Å². The minimum atomic E-state index is -0.574. The van der Waals surface area contributed by atoms with Crippen molar-refractivity contribution < 1.29 is 4.74 Å². The molecule has 3 rings (SSSR count). The van der Waals surface area contributed by atoms with E-state index in [1.165, 1.54) is 6.33 Å². The normalized spacial score (nSPS) is 19.6. The van der Waals surface area contributed by atoms with E-state index in [0.717, 1.165) is 11.3 Å². The predicted molar refractivity (Wildman–Crippen MR) is 85.9 cm³/mol. The van der Waals surface area contributed by atoms with Crippen molar-refractivity contribution in [2.45, 2.75) is 6.42 Å². The minimum Gasteiger partial charge on any atom is -0.501 e. The van der Waals surface area contributed by atoms with Crippen LogP contribution in [0.2, 0.25) is 0 Å². The first-order valence-electron chi connectivity index (χ1n) is 7.19. The molecule has 0 amide bonds. The van der Waals surface area contributed by atoms with Gasteiger partial charge in [-0.1, -0.05) is 0 Å². The molecule has 0 spiro atoms. The molecule has 2 aromatic heterocycles. The van der Waals surface area contributed by atoms with Gasteiger partial charge in [-0.05, 0) is 18.2 Å². The van der Waals surface area contributed by atoms with E-state index in [0.29, 0.717) is 31.2 Å². The topological polar surface area (TPSA) is 110 Å². The number of nitrogens with zero attached hydrogens (tertiary/aromatic N) is 4. The van der Waals surface area contributed by atoms with Gasteiger partial charge in [0.1, 0.15) is 18.0 Å². The largest absolute Gasteiger partial charge is 0.501 e. The Kier molecular flexibility index (Phi) is 4.06. The molecule has 1 unspecified atom stereocenters. The monoisotopic (exact) mass is 308 g/mol. The second kappa shape index (κ2) is 6.32. The van der Waals surface area contributed by atoms with Crippen molar-refractivity contribution in [2.24, 2.45) is 5.41 Å². The van der Waals surface area contributed by atoms with E-state index < -0.39 is 5.41 Å². The predicted octanol–water partition coefficient (Wildman–Crippen LogP) is 1.98.